The van der Waals surface area contributed by atoms with Gasteiger partial charge in [-0.05, 0) is 59.5 Å². The Labute approximate surface area is 218 Å². The number of thioether (sulfide) groups is 1. The van der Waals surface area contributed by atoms with Crippen LogP contribution in [0.5, 0.6) is 0 Å². The van der Waals surface area contributed by atoms with Crippen molar-refractivity contribution in [2.75, 3.05) is 17.7 Å². The van der Waals surface area contributed by atoms with Crippen LogP contribution < -0.4 is 17.0 Å². The SMILES string of the molecule is CCc1cc2cccc(-c3ccnc(SC)c3)c2c(=O)n1-c1ccccc1.N#Cc1cnc(N)nc1N. The molecule has 2 aromatic carbocycles. The zero-order chi connectivity index (χ0) is 26.4. The van der Waals surface area contributed by atoms with Gasteiger partial charge in [0, 0.05) is 17.6 Å². The lowest BCUT2D eigenvalue weighted by Crippen LogP contribution is -2.22. The molecule has 0 spiro atoms. The number of benzene rings is 2. The lowest BCUT2D eigenvalue weighted by atomic mass is 9.99. The molecule has 37 heavy (non-hydrogen) atoms. The minimum atomic E-state index is 0.0219. The molecule has 8 nitrogen and oxygen atoms in total. The van der Waals surface area contributed by atoms with Crippen LogP contribution in [0.15, 0.2) is 88.9 Å². The molecule has 4 N–H and O–H groups in total. The number of hydrogen-bond donors (Lipinski definition) is 2. The molecule has 5 rings (SSSR count). The van der Waals surface area contributed by atoms with E-state index in [9.17, 15) is 4.79 Å². The van der Waals surface area contributed by atoms with Gasteiger partial charge in [-0.1, -0.05) is 43.3 Å². The summed E-state index contributed by atoms with van der Waals surface area (Å²) in [5, 5.41) is 11.0. The van der Waals surface area contributed by atoms with Gasteiger partial charge in [-0.25, -0.2) is 9.97 Å². The summed E-state index contributed by atoms with van der Waals surface area (Å²) in [5.41, 5.74) is 14.6. The van der Waals surface area contributed by atoms with E-state index < -0.39 is 0 Å². The van der Waals surface area contributed by atoms with Crippen molar-refractivity contribution >= 4 is 34.3 Å². The smallest absolute Gasteiger partial charge is 0.263 e. The number of fused-ring (bicyclic) bond motifs is 1. The van der Waals surface area contributed by atoms with E-state index in [-0.39, 0.29) is 22.9 Å². The number of rotatable bonds is 4. The molecule has 3 heterocycles. The maximum Gasteiger partial charge on any atom is 0.263 e. The number of nitrogen functional groups attached to an aromatic ring is 2. The third-order valence-corrected chi connectivity index (χ3v) is 6.35. The fraction of sp³-hybridized carbons (Fsp3) is 0.107. The van der Waals surface area contributed by atoms with E-state index in [1.165, 1.54) is 6.20 Å². The average Bonchev–Trinajstić information content (AvgIpc) is 2.93. The van der Waals surface area contributed by atoms with Crippen LogP contribution >= 0.6 is 11.8 Å². The zero-order valence-corrected chi connectivity index (χ0v) is 21.2. The van der Waals surface area contributed by atoms with Crippen LogP contribution in [0.4, 0.5) is 11.8 Å². The van der Waals surface area contributed by atoms with Crippen molar-refractivity contribution in [2.24, 2.45) is 0 Å². The predicted molar refractivity (Wildman–Crippen MR) is 150 cm³/mol. The molecule has 0 unspecified atom stereocenters. The van der Waals surface area contributed by atoms with Gasteiger partial charge in [-0.15, -0.1) is 11.8 Å². The summed E-state index contributed by atoms with van der Waals surface area (Å²) in [7, 11) is 0. The number of nitrogens with zero attached hydrogens (tertiary/aromatic N) is 5. The Bertz CT molecular complexity index is 1660. The number of aryl methyl sites for hydroxylation is 1. The Kier molecular flexibility index (Phi) is 7.81. The molecule has 0 saturated heterocycles. The fourth-order valence-electron chi connectivity index (χ4n) is 3.96. The molecule has 0 radical (unpaired) electrons. The summed E-state index contributed by atoms with van der Waals surface area (Å²) in [6.45, 7) is 2.08. The normalized spacial score (nSPS) is 10.4. The number of aromatic nitrogens is 4. The van der Waals surface area contributed by atoms with Crippen molar-refractivity contribution in [3.63, 3.8) is 0 Å². The molecule has 0 atom stereocenters. The highest BCUT2D eigenvalue weighted by Gasteiger charge is 2.14. The molecule has 0 saturated carbocycles. The Hall–Kier alpha value is -4.68. The number of para-hydroxylation sites is 1. The summed E-state index contributed by atoms with van der Waals surface area (Å²) in [4.78, 5) is 25.1. The molecular weight excluding hydrogens is 482 g/mol. The molecule has 0 aliphatic heterocycles. The third-order valence-electron chi connectivity index (χ3n) is 5.71. The quantitative estimate of drug-likeness (QED) is 0.329. The molecule has 0 aliphatic carbocycles. The van der Waals surface area contributed by atoms with Gasteiger partial charge in [0.15, 0.2) is 0 Å². The molecule has 0 aliphatic rings. The van der Waals surface area contributed by atoms with Crippen LogP contribution in [0.1, 0.15) is 18.2 Å². The second kappa shape index (κ2) is 11.4. The van der Waals surface area contributed by atoms with Crippen LogP contribution in [0.2, 0.25) is 0 Å². The molecular formula is C28H25N7OS. The van der Waals surface area contributed by atoms with Crippen LogP contribution in [0.3, 0.4) is 0 Å². The molecule has 0 amide bonds. The van der Waals surface area contributed by atoms with Gasteiger partial charge in [0.25, 0.3) is 5.56 Å². The lowest BCUT2D eigenvalue weighted by Gasteiger charge is -2.15. The highest BCUT2D eigenvalue weighted by molar-refractivity contribution is 7.98. The topological polar surface area (TPSA) is 136 Å². The van der Waals surface area contributed by atoms with Crippen molar-refractivity contribution in [3.8, 4) is 22.9 Å². The van der Waals surface area contributed by atoms with E-state index in [2.05, 4.69) is 27.9 Å². The maximum atomic E-state index is 13.6. The van der Waals surface area contributed by atoms with Crippen LogP contribution in [-0.4, -0.2) is 25.8 Å². The summed E-state index contributed by atoms with van der Waals surface area (Å²) in [5.74, 6) is 0.200. The average molecular weight is 508 g/mol. The minimum absolute atomic E-state index is 0.0219. The predicted octanol–water partition coefficient (Wildman–Crippen LogP) is 4.85. The molecule has 3 aromatic heterocycles. The van der Waals surface area contributed by atoms with E-state index in [0.29, 0.717) is 0 Å². The van der Waals surface area contributed by atoms with Gasteiger partial charge in [-0.2, -0.15) is 10.2 Å². The zero-order valence-electron chi connectivity index (χ0n) is 20.4. The van der Waals surface area contributed by atoms with Gasteiger partial charge < -0.3 is 11.5 Å². The Balaban J connectivity index is 0.000000270. The maximum absolute atomic E-state index is 13.6. The highest BCUT2D eigenvalue weighted by atomic mass is 32.2. The minimum Gasteiger partial charge on any atom is -0.382 e. The summed E-state index contributed by atoms with van der Waals surface area (Å²) in [6, 6.07) is 23.9. The van der Waals surface area contributed by atoms with Crippen LogP contribution in [-0.2, 0) is 6.42 Å². The highest BCUT2D eigenvalue weighted by Crippen LogP contribution is 2.29. The van der Waals surface area contributed by atoms with Crippen molar-refractivity contribution in [2.45, 2.75) is 18.4 Å². The van der Waals surface area contributed by atoms with Crippen LogP contribution in [0, 0.1) is 11.3 Å². The monoisotopic (exact) mass is 507 g/mol. The van der Waals surface area contributed by atoms with Gasteiger partial charge >= 0.3 is 0 Å². The van der Waals surface area contributed by atoms with Gasteiger partial charge in [0.05, 0.1) is 16.6 Å². The number of nitriles is 1. The van der Waals surface area contributed by atoms with Gasteiger partial charge in [0.1, 0.15) is 17.5 Å². The standard InChI is InChI=1S/C23H20N2OS.C5H5N5/c1-3-18-14-17-8-7-11-20(16-12-13-24-21(15-16)27-2)22(17)23(26)25(18)19-9-5-4-6-10-19;6-1-3-2-9-5(8)10-4(3)7/h4-15H,3H2,1-2H3;2H,(H4,7,8,9,10). The van der Waals surface area contributed by atoms with Crippen molar-refractivity contribution in [1.82, 2.24) is 19.5 Å². The molecule has 5 aromatic rings. The fourth-order valence-corrected chi connectivity index (χ4v) is 4.37. The summed E-state index contributed by atoms with van der Waals surface area (Å²) in [6.07, 6.45) is 5.88. The number of nitrogens with two attached hydrogens (primary N) is 2. The number of pyridine rings is 2. The first-order chi connectivity index (χ1) is 18.0. The molecule has 0 fully saturated rings. The third kappa shape index (κ3) is 5.44. The van der Waals surface area contributed by atoms with Crippen molar-refractivity contribution in [1.29, 1.82) is 5.26 Å². The van der Waals surface area contributed by atoms with Crippen LogP contribution in [0.25, 0.3) is 27.6 Å². The number of hydrogen-bond acceptors (Lipinski definition) is 8. The van der Waals surface area contributed by atoms with E-state index in [0.717, 1.165) is 44.7 Å². The molecule has 9 heteroatoms. The molecule has 184 valence electrons. The van der Waals surface area contributed by atoms with Gasteiger partial charge in [0.2, 0.25) is 5.95 Å². The van der Waals surface area contributed by atoms with Gasteiger partial charge in [-0.3, -0.25) is 9.36 Å². The largest absolute Gasteiger partial charge is 0.382 e. The van der Waals surface area contributed by atoms with E-state index in [4.69, 9.17) is 16.7 Å². The first-order valence-corrected chi connectivity index (χ1v) is 12.7. The number of anilines is 2. The lowest BCUT2D eigenvalue weighted by molar-refractivity contribution is 0.889. The Morgan fingerprint density at radius 2 is 1.81 bits per heavy atom. The van der Waals surface area contributed by atoms with E-state index in [1.807, 2.05) is 77.6 Å². The van der Waals surface area contributed by atoms with Crippen molar-refractivity contribution in [3.05, 3.63) is 101 Å². The Morgan fingerprint density at radius 1 is 1.03 bits per heavy atom. The summed E-state index contributed by atoms with van der Waals surface area (Å²) < 4.78 is 1.84. The summed E-state index contributed by atoms with van der Waals surface area (Å²) >= 11 is 1.60. The second-order valence-electron chi connectivity index (χ2n) is 7.96. The van der Waals surface area contributed by atoms with E-state index >= 15 is 0 Å². The Morgan fingerprint density at radius 3 is 2.49 bits per heavy atom. The first-order valence-electron chi connectivity index (χ1n) is 11.5. The second-order valence-corrected chi connectivity index (χ2v) is 8.79. The van der Waals surface area contributed by atoms with Crippen molar-refractivity contribution < 1.29 is 0 Å². The first kappa shape index (κ1) is 25.4. The molecule has 0 bridgehead atoms. The van der Waals surface area contributed by atoms with E-state index in [1.54, 1.807) is 18.0 Å².